The molecule has 1 heterocycles. The average molecular weight is 402 g/mol. The van der Waals surface area contributed by atoms with Crippen molar-refractivity contribution in [1.29, 1.82) is 5.26 Å². The van der Waals surface area contributed by atoms with E-state index in [1.807, 2.05) is 0 Å². The van der Waals surface area contributed by atoms with Crippen molar-refractivity contribution in [2.45, 2.75) is 6.18 Å². The molecule has 0 aliphatic heterocycles. The van der Waals surface area contributed by atoms with E-state index in [-0.39, 0.29) is 28.5 Å². The third-order valence-electron chi connectivity index (χ3n) is 3.12. The van der Waals surface area contributed by atoms with Crippen LogP contribution in [0, 0.1) is 17.1 Å². The van der Waals surface area contributed by atoms with Crippen molar-refractivity contribution in [3.05, 3.63) is 38.8 Å². The van der Waals surface area contributed by atoms with Gasteiger partial charge >= 0.3 is 6.18 Å². The van der Waals surface area contributed by atoms with Crippen LogP contribution in [0.1, 0.15) is 5.69 Å². The molecule has 0 saturated carbocycles. The predicted molar refractivity (Wildman–Crippen MR) is 81.9 cm³/mol. The highest BCUT2D eigenvalue weighted by molar-refractivity contribution is 6.40. The van der Waals surface area contributed by atoms with Gasteiger partial charge in [0.1, 0.15) is 28.5 Å². The van der Waals surface area contributed by atoms with E-state index >= 15 is 0 Å². The van der Waals surface area contributed by atoms with Crippen LogP contribution in [0.5, 0.6) is 5.75 Å². The highest BCUT2D eigenvalue weighted by Gasteiger charge is 2.40. The quantitative estimate of drug-likeness (QED) is 0.618. The summed E-state index contributed by atoms with van der Waals surface area (Å²) in [4.78, 5) is 0. The molecule has 0 bridgehead atoms. The molecular weight excluding hydrogens is 395 g/mol. The molecule has 0 aliphatic carbocycles. The standard InChI is InChI=1S/C14H7Cl3F4N2O/c1-23-12(14(19,20)21)11(16)10(13(23)17)6-4-9(24-3-2-22)7(15)5-8(6)18/h4-5H,3H2,1H3. The molecule has 3 nitrogen and oxygen atoms in total. The van der Waals surface area contributed by atoms with Gasteiger partial charge in [0.25, 0.3) is 0 Å². The summed E-state index contributed by atoms with van der Waals surface area (Å²) in [5.41, 5.74) is -1.88. The van der Waals surface area contributed by atoms with Gasteiger partial charge in [-0.25, -0.2) is 4.39 Å². The molecule has 0 unspecified atom stereocenters. The van der Waals surface area contributed by atoms with Gasteiger partial charge in [0, 0.05) is 18.2 Å². The maximum absolute atomic E-state index is 14.2. The lowest BCUT2D eigenvalue weighted by Gasteiger charge is -2.09. The van der Waals surface area contributed by atoms with Crippen molar-refractivity contribution in [1.82, 2.24) is 4.57 Å². The van der Waals surface area contributed by atoms with E-state index < -0.39 is 27.9 Å². The summed E-state index contributed by atoms with van der Waals surface area (Å²) >= 11 is 17.5. The van der Waals surface area contributed by atoms with Crippen molar-refractivity contribution < 1.29 is 22.3 Å². The molecule has 10 heteroatoms. The highest BCUT2D eigenvalue weighted by Crippen LogP contribution is 2.47. The minimum absolute atomic E-state index is 0.0841. The number of benzene rings is 1. The van der Waals surface area contributed by atoms with E-state index in [2.05, 4.69) is 0 Å². The van der Waals surface area contributed by atoms with Gasteiger partial charge in [0.2, 0.25) is 0 Å². The van der Waals surface area contributed by atoms with Crippen molar-refractivity contribution in [2.24, 2.45) is 7.05 Å². The fraction of sp³-hybridized carbons (Fsp3) is 0.214. The summed E-state index contributed by atoms with van der Waals surface area (Å²) in [6.07, 6.45) is -4.78. The van der Waals surface area contributed by atoms with Crippen LogP contribution in [-0.4, -0.2) is 11.2 Å². The minimum Gasteiger partial charge on any atom is -0.477 e. The van der Waals surface area contributed by atoms with Crippen LogP contribution in [0.2, 0.25) is 15.2 Å². The van der Waals surface area contributed by atoms with Gasteiger partial charge in [-0.3, -0.25) is 0 Å². The van der Waals surface area contributed by atoms with E-state index in [4.69, 9.17) is 44.8 Å². The molecule has 0 aliphatic rings. The fourth-order valence-corrected chi connectivity index (χ4v) is 3.07. The zero-order chi connectivity index (χ0) is 18.2. The second-order valence-electron chi connectivity index (χ2n) is 4.59. The molecule has 2 rings (SSSR count). The summed E-state index contributed by atoms with van der Waals surface area (Å²) in [5, 5.41) is 7.22. The number of halogens is 7. The van der Waals surface area contributed by atoms with Crippen molar-refractivity contribution in [2.75, 3.05) is 6.61 Å². The molecule has 0 spiro atoms. The number of nitrogens with zero attached hydrogens (tertiary/aromatic N) is 2. The SMILES string of the molecule is Cn1c(Cl)c(-c2cc(OCC#N)c(Cl)cc2F)c(Cl)c1C(F)(F)F. The summed E-state index contributed by atoms with van der Waals surface area (Å²) in [5.74, 6) is -1.02. The Morgan fingerprint density at radius 2 is 1.88 bits per heavy atom. The minimum atomic E-state index is -4.78. The molecule has 0 radical (unpaired) electrons. The Morgan fingerprint density at radius 3 is 2.38 bits per heavy atom. The van der Waals surface area contributed by atoms with E-state index in [1.165, 1.54) is 0 Å². The fourth-order valence-electron chi connectivity index (χ4n) is 2.11. The van der Waals surface area contributed by atoms with Crippen molar-refractivity contribution in [3.8, 4) is 22.9 Å². The molecule has 24 heavy (non-hydrogen) atoms. The Balaban J connectivity index is 2.72. The lowest BCUT2D eigenvalue weighted by Crippen LogP contribution is -2.11. The molecule has 0 atom stereocenters. The summed E-state index contributed by atoms with van der Waals surface area (Å²) in [6, 6.07) is 3.58. The Morgan fingerprint density at radius 1 is 1.25 bits per heavy atom. The van der Waals surface area contributed by atoms with Crippen LogP contribution in [0.25, 0.3) is 11.1 Å². The third-order valence-corrected chi connectivity index (χ3v) is 4.22. The molecule has 2 aromatic rings. The van der Waals surface area contributed by atoms with E-state index in [0.29, 0.717) is 4.57 Å². The normalized spacial score (nSPS) is 11.5. The summed E-state index contributed by atoms with van der Waals surface area (Å²) in [7, 11) is 1.06. The van der Waals surface area contributed by atoms with Crippen molar-refractivity contribution in [3.63, 3.8) is 0 Å². The van der Waals surface area contributed by atoms with Crippen molar-refractivity contribution >= 4 is 34.8 Å². The monoisotopic (exact) mass is 400 g/mol. The zero-order valence-electron chi connectivity index (χ0n) is 11.8. The maximum Gasteiger partial charge on any atom is 0.432 e. The van der Waals surface area contributed by atoms with Crippen LogP contribution in [0.15, 0.2) is 12.1 Å². The zero-order valence-corrected chi connectivity index (χ0v) is 14.1. The number of alkyl halides is 3. The molecule has 0 fully saturated rings. The molecule has 0 amide bonds. The Bertz CT molecular complexity index is 840. The third kappa shape index (κ3) is 3.27. The Labute approximate surface area is 148 Å². The second kappa shape index (κ2) is 6.71. The largest absolute Gasteiger partial charge is 0.477 e. The summed E-state index contributed by atoms with van der Waals surface area (Å²) in [6.45, 7) is -0.380. The molecular formula is C14H7Cl3F4N2O. The number of nitriles is 1. The molecule has 1 aromatic carbocycles. The van der Waals surface area contributed by atoms with Gasteiger partial charge in [0.05, 0.1) is 10.0 Å². The Kier molecular flexibility index (Phi) is 5.23. The highest BCUT2D eigenvalue weighted by atomic mass is 35.5. The first-order chi connectivity index (χ1) is 11.1. The maximum atomic E-state index is 14.2. The number of hydrogen-bond acceptors (Lipinski definition) is 2. The number of hydrogen-bond donors (Lipinski definition) is 0. The Hall–Kier alpha value is -1.62. The van der Waals surface area contributed by atoms with Gasteiger partial charge in [-0.05, 0) is 12.1 Å². The molecule has 0 saturated heterocycles. The van der Waals surface area contributed by atoms with Gasteiger partial charge in [-0.15, -0.1) is 0 Å². The van der Waals surface area contributed by atoms with E-state index in [1.54, 1.807) is 6.07 Å². The van der Waals surface area contributed by atoms with Gasteiger partial charge < -0.3 is 9.30 Å². The summed E-state index contributed by atoms with van der Waals surface area (Å²) < 4.78 is 59.1. The topological polar surface area (TPSA) is 38.0 Å². The average Bonchev–Trinajstić information content (AvgIpc) is 2.68. The van der Waals surface area contributed by atoms with E-state index in [0.717, 1.165) is 19.2 Å². The van der Waals surface area contributed by atoms with Crippen LogP contribution >= 0.6 is 34.8 Å². The van der Waals surface area contributed by atoms with Gasteiger partial charge in [-0.1, -0.05) is 34.8 Å². The molecule has 0 N–H and O–H groups in total. The number of aromatic nitrogens is 1. The molecule has 128 valence electrons. The van der Waals surface area contributed by atoms with Crippen LogP contribution in [0.4, 0.5) is 17.6 Å². The number of ether oxygens (including phenoxy) is 1. The first kappa shape index (κ1) is 18.7. The lowest BCUT2D eigenvalue weighted by atomic mass is 10.1. The molecule has 1 aromatic heterocycles. The van der Waals surface area contributed by atoms with Crippen LogP contribution in [0.3, 0.4) is 0 Å². The van der Waals surface area contributed by atoms with E-state index in [9.17, 15) is 17.6 Å². The van der Waals surface area contributed by atoms with Gasteiger partial charge in [-0.2, -0.15) is 18.4 Å². The smallest absolute Gasteiger partial charge is 0.432 e. The number of rotatable bonds is 3. The first-order valence-electron chi connectivity index (χ1n) is 6.19. The van der Waals surface area contributed by atoms with Crippen LogP contribution < -0.4 is 4.74 Å². The lowest BCUT2D eigenvalue weighted by molar-refractivity contribution is -0.142. The second-order valence-corrected chi connectivity index (χ2v) is 5.74. The predicted octanol–water partition coefficient (Wildman–Crippen LogP) is 5.71. The first-order valence-corrected chi connectivity index (χ1v) is 7.33. The van der Waals surface area contributed by atoms with Gasteiger partial charge in [0.15, 0.2) is 6.61 Å². The van der Waals surface area contributed by atoms with Crippen LogP contribution in [-0.2, 0) is 13.2 Å².